The summed E-state index contributed by atoms with van der Waals surface area (Å²) in [5.74, 6) is -0.340. The number of methoxy groups -OCH3 is 1. The largest absolute Gasteiger partial charge is 0.494 e. The zero-order valence-electron chi connectivity index (χ0n) is 13.1. The first-order valence-electron chi connectivity index (χ1n) is 7.87. The van der Waals surface area contributed by atoms with Gasteiger partial charge in [0.05, 0.1) is 19.6 Å². The normalized spacial score (nSPS) is 16.5. The Morgan fingerprint density at radius 3 is 2.91 bits per heavy atom. The molecule has 0 heterocycles. The number of fused-ring (bicyclic) bond motifs is 1. The molecule has 3 rings (SSSR count). The van der Waals surface area contributed by atoms with Crippen LogP contribution in [0.4, 0.5) is 4.39 Å². The van der Waals surface area contributed by atoms with Crippen molar-refractivity contribution in [1.82, 2.24) is 5.32 Å². The smallest absolute Gasteiger partial charge is 0.224 e. The van der Waals surface area contributed by atoms with Gasteiger partial charge in [-0.15, -0.1) is 0 Å². The Balaban J connectivity index is 1.67. The van der Waals surface area contributed by atoms with Gasteiger partial charge in [0.2, 0.25) is 5.91 Å². The lowest BCUT2D eigenvalue weighted by Gasteiger charge is -2.26. The van der Waals surface area contributed by atoms with Crippen molar-refractivity contribution in [3.8, 4) is 5.75 Å². The second-order valence-corrected chi connectivity index (χ2v) is 5.86. The fourth-order valence-electron chi connectivity index (χ4n) is 3.15. The number of carbonyl (C=O) groups excluding carboxylic acids is 1. The summed E-state index contributed by atoms with van der Waals surface area (Å²) in [5.41, 5.74) is 3.15. The van der Waals surface area contributed by atoms with Crippen molar-refractivity contribution in [3.05, 3.63) is 65.0 Å². The molecule has 1 unspecified atom stereocenters. The Morgan fingerprint density at radius 2 is 2.13 bits per heavy atom. The zero-order valence-corrected chi connectivity index (χ0v) is 13.1. The minimum atomic E-state index is -0.444. The lowest BCUT2D eigenvalue weighted by atomic mass is 9.87. The highest BCUT2D eigenvalue weighted by Crippen LogP contribution is 2.29. The van der Waals surface area contributed by atoms with Gasteiger partial charge in [0.15, 0.2) is 11.6 Å². The minimum Gasteiger partial charge on any atom is -0.494 e. The molecule has 2 aromatic carbocycles. The zero-order chi connectivity index (χ0) is 16.2. The number of rotatable bonds is 4. The van der Waals surface area contributed by atoms with Crippen LogP contribution < -0.4 is 10.1 Å². The van der Waals surface area contributed by atoms with Crippen LogP contribution in [0, 0.1) is 5.82 Å². The van der Waals surface area contributed by atoms with Crippen LogP contribution in [0.1, 0.15) is 35.6 Å². The predicted octanol–water partition coefficient (Wildman–Crippen LogP) is 3.57. The van der Waals surface area contributed by atoms with E-state index in [9.17, 15) is 9.18 Å². The van der Waals surface area contributed by atoms with E-state index in [1.807, 2.05) is 12.1 Å². The summed E-state index contributed by atoms with van der Waals surface area (Å²) in [6.07, 6.45) is 3.24. The van der Waals surface area contributed by atoms with E-state index in [1.54, 1.807) is 12.1 Å². The first-order chi connectivity index (χ1) is 11.2. The fraction of sp³-hybridized carbons (Fsp3) is 0.316. The van der Waals surface area contributed by atoms with Crippen LogP contribution in [0.25, 0.3) is 0 Å². The molecule has 0 saturated heterocycles. The van der Waals surface area contributed by atoms with Crippen molar-refractivity contribution in [1.29, 1.82) is 0 Å². The van der Waals surface area contributed by atoms with Gasteiger partial charge in [-0.25, -0.2) is 4.39 Å². The van der Waals surface area contributed by atoms with E-state index in [4.69, 9.17) is 4.74 Å². The van der Waals surface area contributed by atoms with E-state index in [2.05, 4.69) is 17.4 Å². The highest BCUT2D eigenvalue weighted by molar-refractivity contribution is 5.79. The molecular formula is C19H20FNO2. The first-order valence-corrected chi connectivity index (χ1v) is 7.87. The number of nitrogens with one attached hydrogen (secondary N) is 1. The third-order valence-electron chi connectivity index (χ3n) is 4.29. The molecule has 0 bridgehead atoms. The quantitative estimate of drug-likeness (QED) is 0.937. The van der Waals surface area contributed by atoms with Gasteiger partial charge in [0, 0.05) is 0 Å². The average Bonchev–Trinajstić information content (AvgIpc) is 2.55. The van der Waals surface area contributed by atoms with Gasteiger partial charge in [0.1, 0.15) is 0 Å². The molecule has 2 aromatic rings. The lowest BCUT2D eigenvalue weighted by molar-refractivity contribution is -0.121. The van der Waals surface area contributed by atoms with Crippen LogP contribution in [0.5, 0.6) is 5.75 Å². The molecule has 0 aromatic heterocycles. The lowest BCUT2D eigenvalue weighted by Crippen LogP contribution is -2.32. The first kappa shape index (κ1) is 15.5. The Bertz CT molecular complexity index is 714. The number of carbonyl (C=O) groups is 1. The van der Waals surface area contributed by atoms with Crippen molar-refractivity contribution in [3.63, 3.8) is 0 Å². The van der Waals surface area contributed by atoms with E-state index in [0.717, 1.165) is 19.3 Å². The monoisotopic (exact) mass is 313 g/mol. The molecule has 4 heteroatoms. The average molecular weight is 313 g/mol. The van der Waals surface area contributed by atoms with E-state index < -0.39 is 5.82 Å². The van der Waals surface area contributed by atoms with Gasteiger partial charge in [-0.1, -0.05) is 30.3 Å². The molecule has 0 radical (unpaired) electrons. The van der Waals surface area contributed by atoms with Gasteiger partial charge in [-0.05, 0) is 48.1 Å². The van der Waals surface area contributed by atoms with Crippen LogP contribution in [-0.2, 0) is 17.6 Å². The molecule has 1 aliphatic carbocycles. The summed E-state index contributed by atoms with van der Waals surface area (Å²) in [7, 11) is 1.42. The second-order valence-electron chi connectivity index (χ2n) is 5.86. The number of halogens is 1. The van der Waals surface area contributed by atoms with Crippen molar-refractivity contribution >= 4 is 5.91 Å². The molecule has 1 aliphatic rings. The van der Waals surface area contributed by atoms with Crippen LogP contribution >= 0.6 is 0 Å². The standard InChI is InChI=1S/C19H20FNO2/c1-23-18-10-9-13(11-16(18)20)12-19(22)21-17-8-4-6-14-5-2-3-7-15(14)17/h2-3,5,7,9-11,17H,4,6,8,12H2,1H3,(H,21,22). The van der Waals surface area contributed by atoms with Crippen molar-refractivity contribution in [2.45, 2.75) is 31.7 Å². The molecular weight excluding hydrogens is 293 g/mol. The minimum absolute atomic E-state index is 0.0514. The van der Waals surface area contributed by atoms with Gasteiger partial charge in [-0.3, -0.25) is 4.79 Å². The number of amides is 1. The van der Waals surface area contributed by atoms with E-state index in [-0.39, 0.29) is 24.1 Å². The third-order valence-corrected chi connectivity index (χ3v) is 4.29. The molecule has 0 spiro atoms. The Morgan fingerprint density at radius 1 is 1.30 bits per heavy atom. The molecule has 1 amide bonds. The summed E-state index contributed by atoms with van der Waals surface area (Å²) in [6, 6.07) is 12.9. The van der Waals surface area contributed by atoms with Crippen LogP contribution in [0.3, 0.4) is 0 Å². The van der Waals surface area contributed by atoms with Crippen LogP contribution in [-0.4, -0.2) is 13.0 Å². The number of hydrogen-bond donors (Lipinski definition) is 1. The fourth-order valence-corrected chi connectivity index (χ4v) is 3.15. The van der Waals surface area contributed by atoms with Gasteiger partial charge >= 0.3 is 0 Å². The Hall–Kier alpha value is -2.36. The molecule has 23 heavy (non-hydrogen) atoms. The van der Waals surface area contributed by atoms with Crippen molar-refractivity contribution in [2.75, 3.05) is 7.11 Å². The highest BCUT2D eigenvalue weighted by atomic mass is 19.1. The van der Waals surface area contributed by atoms with Crippen molar-refractivity contribution in [2.24, 2.45) is 0 Å². The van der Waals surface area contributed by atoms with Crippen molar-refractivity contribution < 1.29 is 13.9 Å². The van der Waals surface area contributed by atoms with Gasteiger partial charge in [-0.2, -0.15) is 0 Å². The van der Waals surface area contributed by atoms with E-state index >= 15 is 0 Å². The topological polar surface area (TPSA) is 38.3 Å². The summed E-state index contributed by atoms with van der Waals surface area (Å²) in [5, 5.41) is 3.08. The summed E-state index contributed by atoms with van der Waals surface area (Å²) in [4.78, 5) is 12.3. The number of ether oxygens (including phenoxy) is 1. The Kier molecular flexibility index (Phi) is 4.60. The number of hydrogen-bond acceptors (Lipinski definition) is 2. The third kappa shape index (κ3) is 3.52. The highest BCUT2D eigenvalue weighted by Gasteiger charge is 2.21. The maximum absolute atomic E-state index is 13.7. The molecule has 1 atom stereocenters. The molecule has 0 saturated carbocycles. The number of aryl methyl sites for hydroxylation is 1. The van der Waals surface area contributed by atoms with E-state index in [1.165, 1.54) is 24.3 Å². The molecule has 0 fully saturated rings. The number of benzene rings is 2. The second kappa shape index (κ2) is 6.82. The summed E-state index contributed by atoms with van der Waals surface area (Å²) >= 11 is 0. The van der Waals surface area contributed by atoms with Crippen LogP contribution in [0.2, 0.25) is 0 Å². The van der Waals surface area contributed by atoms with E-state index in [0.29, 0.717) is 5.56 Å². The molecule has 3 nitrogen and oxygen atoms in total. The SMILES string of the molecule is COc1ccc(CC(=O)NC2CCCc3ccccc32)cc1F. The maximum atomic E-state index is 13.7. The predicted molar refractivity (Wildman–Crippen MR) is 86.9 cm³/mol. The maximum Gasteiger partial charge on any atom is 0.224 e. The summed E-state index contributed by atoms with van der Waals surface area (Å²) in [6.45, 7) is 0. The summed E-state index contributed by atoms with van der Waals surface area (Å²) < 4.78 is 18.6. The molecule has 120 valence electrons. The molecule has 1 N–H and O–H groups in total. The molecule has 0 aliphatic heterocycles. The van der Waals surface area contributed by atoms with Gasteiger partial charge < -0.3 is 10.1 Å². The van der Waals surface area contributed by atoms with Gasteiger partial charge in [0.25, 0.3) is 0 Å². The Labute approximate surface area is 135 Å². The van der Waals surface area contributed by atoms with Crippen LogP contribution in [0.15, 0.2) is 42.5 Å².